The van der Waals surface area contributed by atoms with Crippen molar-refractivity contribution in [1.82, 2.24) is 15.2 Å². The van der Waals surface area contributed by atoms with Crippen molar-refractivity contribution in [2.75, 3.05) is 10.6 Å². The molecule has 0 aliphatic rings. The average molecular weight is 370 g/mol. The lowest BCUT2D eigenvalue weighted by atomic mass is 10.1. The standard InChI is InChI=1S/C17H16BrN5/c1-11-6-7-15(12(2)8-11)21-17-22-16(10-19-23-17)20-14-5-3-4-13(18)9-14/h3-10H,1-2H3,(H2,20,21,22,23). The molecule has 0 unspecified atom stereocenters. The van der Waals surface area contributed by atoms with Gasteiger partial charge in [0.25, 0.3) is 0 Å². The fourth-order valence-corrected chi connectivity index (χ4v) is 2.60. The minimum atomic E-state index is 0.456. The summed E-state index contributed by atoms with van der Waals surface area (Å²) in [5.41, 5.74) is 4.26. The van der Waals surface area contributed by atoms with Gasteiger partial charge in [0.15, 0.2) is 5.82 Å². The van der Waals surface area contributed by atoms with E-state index in [1.165, 1.54) is 5.56 Å². The Kier molecular flexibility index (Phi) is 4.52. The summed E-state index contributed by atoms with van der Waals surface area (Å²) in [4.78, 5) is 4.45. The number of hydrogen-bond acceptors (Lipinski definition) is 5. The maximum absolute atomic E-state index is 4.45. The minimum absolute atomic E-state index is 0.456. The van der Waals surface area contributed by atoms with Crippen LogP contribution in [0.1, 0.15) is 11.1 Å². The highest BCUT2D eigenvalue weighted by Crippen LogP contribution is 2.21. The van der Waals surface area contributed by atoms with Gasteiger partial charge in [-0.15, -0.1) is 5.10 Å². The van der Waals surface area contributed by atoms with Gasteiger partial charge in [-0.3, -0.25) is 0 Å². The number of hydrogen-bond donors (Lipinski definition) is 2. The minimum Gasteiger partial charge on any atom is -0.339 e. The van der Waals surface area contributed by atoms with Crippen LogP contribution in [0.3, 0.4) is 0 Å². The summed E-state index contributed by atoms with van der Waals surface area (Å²) in [7, 11) is 0. The molecule has 0 saturated carbocycles. The van der Waals surface area contributed by atoms with Gasteiger partial charge in [0.05, 0.1) is 6.20 Å². The van der Waals surface area contributed by atoms with Gasteiger partial charge < -0.3 is 10.6 Å². The van der Waals surface area contributed by atoms with Crippen molar-refractivity contribution in [3.8, 4) is 0 Å². The zero-order valence-electron chi connectivity index (χ0n) is 12.8. The van der Waals surface area contributed by atoms with Crippen LogP contribution in [0.25, 0.3) is 0 Å². The lowest BCUT2D eigenvalue weighted by Gasteiger charge is -2.10. The molecule has 3 aromatic rings. The summed E-state index contributed by atoms with van der Waals surface area (Å²) in [5, 5.41) is 14.4. The molecule has 116 valence electrons. The number of benzene rings is 2. The molecule has 23 heavy (non-hydrogen) atoms. The predicted octanol–water partition coefficient (Wildman–Crippen LogP) is 4.74. The second-order valence-electron chi connectivity index (χ2n) is 5.24. The predicted molar refractivity (Wildman–Crippen MR) is 96.5 cm³/mol. The van der Waals surface area contributed by atoms with Crippen LogP contribution in [0.15, 0.2) is 53.1 Å². The van der Waals surface area contributed by atoms with Crippen molar-refractivity contribution in [3.63, 3.8) is 0 Å². The maximum atomic E-state index is 4.45. The molecule has 0 radical (unpaired) electrons. The molecule has 2 aromatic carbocycles. The number of rotatable bonds is 4. The molecule has 6 heteroatoms. The van der Waals surface area contributed by atoms with E-state index in [-0.39, 0.29) is 0 Å². The topological polar surface area (TPSA) is 62.7 Å². The zero-order chi connectivity index (χ0) is 16.2. The van der Waals surface area contributed by atoms with Crippen LogP contribution in [0, 0.1) is 13.8 Å². The number of nitrogens with one attached hydrogen (secondary N) is 2. The second kappa shape index (κ2) is 6.75. The van der Waals surface area contributed by atoms with E-state index in [0.717, 1.165) is 21.4 Å². The molecule has 0 atom stereocenters. The van der Waals surface area contributed by atoms with E-state index in [4.69, 9.17) is 0 Å². The number of anilines is 4. The summed E-state index contributed by atoms with van der Waals surface area (Å²) in [6.07, 6.45) is 1.59. The number of halogens is 1. The monoisotopic (exact) mass is 369 g/mol. The van der Waals surface area contributed by atoms with Gasteiger partial charge in [0.2, 0.25) is 5.95 Å². The fraction of sp³-hybridized carbons (Fsp3) is 0.118. The molecule has 1 heterocycles. The Labute approximate surface area is 143 Å². The molecule has 5 nitrogen and oxygen atoms in total. The van der Waals surface area contributed by atoms with Crippen LogP contribution in [-0.2, 0) is 0 Å². The summed E-state index contributed by atoms with van der Waals surface area (Å²) < 4.78 is 0.998. The van der Waals surface area contributed by atoms with Crippen molar-refractivity contribution in [1.29, 1.82) is 0 Å². The van der Waals surface area contributed by atoms with E-state index in [0.29, 0.717) is 11.8 Å². The summed E-state index contributed by atoms with van der Waals surface area (Å²) in [5.74, 6) is 1.09. The Hall–Kier alpha value is -2.47. The van der Waals surface area contributed by atoms with Crippen LogP contribution < -0.4 is 10.6 Å². The Morgan fingerprint density at radius 1 is 1.00 bits per heavy atom. The van der Waals surface area contributed by atoms with E-state index in [1.54, 1.807) is 6.20 Å². The average Bonchev–Trinajstić information content (AvgIpc) is 2.51. The van der Waals surface area contributed by atoms with Crippen LogP contribution in [0.4, 0.5) is 23.1 Å². The summed E-state index contributed by atoms with van der Waals surface area (Å²) >= 11 is 3.45. The maximum Gasteiger partial charge on any atom is 0.249 e. The lowest BCUT2D eigenvalue weighted by Crippen LogP contribution is -2.03. The lowest BCUT2D eigenvalue weighted by molar-refractivity contribution is 0.981. The molecule has 0 saturated heterocycles. The molecule has 0 spiro atoms. The van der Waals surface area contributed by atoms with Crippen LogP contribution >= 0.6 is 15.9 Å². The van der Waals surface area contributed by atoms with Gasteiger partial charge in [-0.25, -0.2) is 0 Å². The Bertz CT molecular complexity index is 835. The molecule has 0 aliphatic carbocycles. The Morgan fingerprint density at radius 2 is 1.87 bits per heavy atom. The summed E-state index contributed by atoms with van der Waals surface area (Å²) in [6, 6.07) is 14.0. The molecule has 0 amide bonds. The first-order valence-electron chi connectivity index (χ1n) is 7.17. The molecule has 0 bridgehead atoms. The van der Waals surface area contributed by atoms with Crippen molar-refractivity contribution >= 4 is 39.1 Å². The van der Waals surface area contributed by atoms with Crippen molar-refractivity contribution < 1.29 is 0 Å². The van der Waals surface area contributed by atoms with Gasteiger partial charge in [0.1, 0.15) is 0 Å². The normalized spacial score (nSPS) is 10.4. The molecule has 0 fully saturated rings. The number of aromatic nitrogens is 3. The van der Waals surface area contributed by atoms with Gasteiger partial charge in [0, 0.05) is 15.8 Å². The van der Waals surface area contributed by atoms with Crippen molar-refractivity contribution in [2.45, 2.75) is 13.8 Å². The van der Waals surface area contributed by atoms with E-state index < -0.39 is 0 Å². The highest BCUT2D eigenvalue weighted by Gasteiger charge is 2.04. The smallest absolute Gasteiger partial charge is 0.249 e. The van der Waals surface area contributed by atoms with Crippen molar-refractivity contribution in [3.05, 3.63) is 64.3 Å². The first kappa shape index (κ1) is 15.4. The number of aryl methyl sites for hydroxylation is 2. The number of nitrogens with zero attached hydrogens (tertiary/aromatic N) is 3. The molecule has 2 N–H and O–H groups in total. The Balaban J connectivity index is 1.79. The highest BCUT2D eigenvalue weighted by atomic mass is 79.9. The molecular formula is C17H16BrN5. The highest BCUT2D eigenvalue weighted by molar-refractivity contribution is 9.10. The third-order valence-electron chi connectivity index (χ3n) is 3.28. The van der Waals surface area contributed by atoms with Crippen LogP contribution in [0.2, 0.25) is 0 Å². The fourth-order valence-electron chi connectivity index (χ4n) is 2.21. The Morgan fingerprint density at radius 3 is 2.65 bits per heavy atom. The second-order valence-corrected chi connectivity index (χ2v) is 6.16. The van der Waals surface area contributed by atoms with Gasteiger partial charge in [-0.1, -0.05) is 39.7 Å². The van der Waals surface area contributed by atoms with Crippen LogP contribution in [-0.4, -0.2) is 15.2 Å². The van der Waals surface area contributed by atoms with E-state index in [9.17, 15) is 0 Å². The van der Waals surface area contributed by atoms with Gasteiger partial charge >= 0.3 is 0 Å². The third-order valence-corrected chi connectivity index (χ3v) is 3.78. The SMILES string of the molecule is Cc1ccc(Nc2nncc(Nc3cccc(Br)c3)n2)c(C)c1. The molecule has 3 rings (SSSR count). The quantitative estimate of drug-likeness (QED) is 0.695. The largest absolute Gasteiger partial charge is 0.339 e. The molecule has 0 aliphatic heterocycles. The van der Waals surface area contributed by atoms with Gasteiger partial charge in [-0.05, 0) is 43.7 Å². The zero-order valence-corrected chi connectivity index (χ0v) is 14.4. The first-order chi connectivity index (χ1) is 11.1. The first-order valence-corrected chi connectivity index (χ1v) is 7.96. The van der Waals surface area contributed by atoms with E-state index in [2.05, 4.69) is 54.7 Å². The van der Waals surface area contributed by atoms with E-state index in [1.807, 2.05) is 43.3 Å². The third kappa shape index (κ3) is 4.04. The molecular weight excluding hydrogens is 354 g/mol. The van der Waals surface area contributed by atoms with Crippen LogP contribution in [0.5, 0.6) is 0 Å². The molecule has 1 aromatic heterocycles. The summed E-state index contributed by atoms with van der Waals surface area (Å²) in [6.45, 7) is 4.11. The van der Waals surface area contributed by atoms with Crippen molar-refractivity contribution in [2.24, 2.45) is 0 Å². The van der Waals surface area contributed by atoms with E-state index >= 15 is 0 Å². The van der Waals surface area contributed by atoms with Gasteiger partial charge in [-0.2, -0.15) is 10.1 Å².